The summed E-state index contributed by atoms with van der Waals surface area (Å²) < 4.78 is 20.4. The van der Waals surface area contributed by atoms with Gasteiger partial charge in [0.2, 0.25) is 0 Å². The lowest BCUT2D eigenvalue weighted by Gasteiger charge is -2.19. The van der Waals surface area contributed by atoms with Gasteiger partial charge in [-0.15, -0.1) is 5.10 Å². The van der Waals surface area contributed by atoms with Crippen molar-refractivity contribution in [3.63, 3.8) is 0 Å². The number of carbonyl (C=O) groups is 2. The number of halogens is 1. The lowest BCUT2D eigenvalue weighted by Crippen LogP contribution is -2.49. The molecule has 0 saturated carbocycles. The van der Waals surface area contributed by atoms with Gasteiger partial charge >= 0.3 is 0 Å². The van der Waals surface area contributed by atoms with Gasteiger partial charge in [0.15, 0.2) is 5.69 Å². The molecule has 1 aromatic heterocycles. The van der Waals surface area contributed by atoms with Crippen LogP contribution in [0.25, 0.3) is 0 Å². The quantitative estimate of drug-likeness (QED) is 0.725. The molecule has 2 aromatic carbocycles. The first kappa shape index (κ1) is 18.6. The number of rotatable bonds is 4. The van der Waals surface area contributed by atoms with Crippen LogP contribution in [0.4, 0.5) is 10.1 Å². The molecule has 29 heavy (non-hydrogen) atoms. The van der Waals surface area contributed by atoms with Crippen LogP contribution in [-0.4, -0.2) is 46.5 Å². The van der Waals surface area contributed by atoms with Crippen LogP contribution in [-0.2, 0) is 11.3 Å². The van der Waals surface area contributed by atoms with Crippen molar-refractivity contribution in [1.29, 1.82) is 0 Å². The molecular formula is C20H18FN5O3. The van der Waals surface area contributed by atoms with E-state index in [1.165, 1.54) is 27.9 Å². The summed E-state index contributed by atoms with van der Waals surface area (Å²) in [5, 5.41) is 10.4. The Morgan fingerprint density at radius 1 is 1.28 bits per heavy atom. The van der Waals surface area contributed by atoms with E-state index in [2.05, 4.69) is 15.6 Å². The van der Waals surface area contributed by atoms with E-state index in [9.17, 15) is 14.0 Å². The Hall–Kier alpha value is -3.75. The highest BCUT2D eigenvalue weighted by Gasteiger charge is 2.31. The lowest BCUT2D eigenvalue weighted by molar-refractivity contribution is -0.120. The van der Waals surface area contributed by atoms with Crippen molar-refractivity contribution in [3.05, 3.63) is 71.8 Å². The molecule has 1 aliphatic rings. The Bertz CT molecular complexity index is 1070. The van der Waals surface area contributed by atoms with Crippen molar-refractivity contribution in [2.75, 3.05) is 18.6 Å². The highest BCUT2D eigenvalue weighted by Crippen LogP contribution is 2.29. The third kappa shape index (κ3) is 3.93. The average molecular weight is 395 g/mol. The van der Waals surface area contributed by atoms with Crippen molar-refractivity contribution in [2.45, 2.75) is 12.6 Å². The van der Waals surface area contributed by atoms with E-state index in [0.717, 1.165) is 0 Å². The molecule has 9 heteroatoms. The molecule has 1 aliphatic heterocycles. The van der Waals surface area contributed by atoms with Gasteiger partial charge in [-0.25, -0.2) is 9.07 Å². The molecule has 1 atom stereocenters. The van der Waals surface area contributed by atoms with Gasteiger partial charge < -0.3 is 15.0 Å². The minimum atomic E-state index is -0.867. The van der Waals surface area contributed by atoms with E-state index in [1.807, 2.05) is 12.1 Å². The van der Waals surface area contributed by atoms with Gasteiger partial charge in [0.05, 0.1) is 18.4 Å². The number of nitrogens with zero attached hydrogens (tertiary/aromatic N) is 4. The second-order valence-electron chi connectivity index (χ2n) is 6.63. The van der Waals surface area contributed by atoms with Crippen LogP contribution < -0.4 is 15.0 Å². The zero-order valence-electron chi connectivity index (χ0n) is 15.6. The SMILES string of the molecule is CN1C(=O)C(NC(=O)c2cn(Cc3cccc(F)c3)nn2)COc2ccccc21. The summed E-state index contributed by atoms with van der Waals surface area (Å²) >= 11 is 0. The summed E-state index contributed by atoms with van der Waals surface area (Å²) in [5.74, 6) is -0.619. The van der Waals surface area contributed by atoms with Gasteiger partial charge in [-0.3, -0.25) is 9.59 Å². The molecule has 3 aromatic rings. The van der Waals surface area contributed by atoms with Crippen molar-refractivity contribution in [2.24, 2.45) is 0 Å². The fourth-order valence-corrected chi connectivity index (χ4v) is 3.09. The standard InChI is InChI=1S/C20H18FN5O3/c1-25-17-7-2-3-8-18(17)29-12-16(20(25)28)22-19(27)15-11-26(24-23-15)10-13-5-4-6-14(21)9-13/h2-9,11,16H,10,12H2,1H3,(H,22,27). The van der Waals surface area contributed by atoms with Crippen molar-refractivity contribution in [1.82, 2.24) is 20.3 Å². The van der Waals surface area contributed by atoms with Crippen LogP contribution in [0.15, 0.2) is 54.7 Å². The number of likely N-dealkylation sites (N-methyl/N-ethyl adjacent to an activating group) is 1. The number of hydrogen-bond acceptors (Lipinski definition) is 5. The Kier molecular flexibility index (Phi) is 4.94. The molecule has 2 amide bonds. The second kappa shape index (κ2) is 7.70. The number of nitrogens with one attached hydrogen (secondary N) is 1. The van der Waals surface area contributed by atoms with Gasteiger partial charge in [0, 0.05) is 7.05 Å². The molecule has 2 heterocycles. The summed E-state index contributed by atoms with van der Waals surface area (Å²) in [5.41, 5.74) is 1.38. The first-order valence-corrected chi connectivity index (χ1v) is 8.96. The van der Waals surface area contributed by atoms with Crippen LogP contribution in [0.3, 0.4) is 0 Å². The van der Waals surface area contributed by atoms with Crippen LogP contribution >= 0.6 is 0 Å². The average Bonchev–Trinajstić information content (AvgIpc) is 3.14. The van der Waals surface area contributed by atoms with Crippen LogP contribution in [0.2, 0.25) is 0 Å². The maximum absolute atomic E-state index is 13.3. The van der Waals surface area contributed by atoms with Crippen molar-refractivity contribution in [3.8, 4) is 5.75 Å². The Balaban J connectivity index is 1.44. The number of para-hydroxylation sites is 2. The van der Waals surface area contributed by atoms with E-state index in [-0.39, 0.29) is 30.6 Å². The van der Waals surface area contributed by atoms with Crippen LogP contribution in [0, 0.1) is 5.82 Å². The van der Waals surface area contributed by atoms with Gasteiger partial charge in [-0.1, -0.05) is 29.5 Å². The van der Waals surface area contributed by atoms with E-state index in [1.54, 1.807) is 31.3 Å². The minimum Gasteiger partial charge on any atom is -0.489 e. The number of hydrogen-bond donors (Lipinski definition) is 1. The third-order valence-corrected chi connectivity index (χ3v) is 4.57. The Morgan fingerprint density at radius 2 is 2.10 bits per heavy atom. The summed E-state index contributed by atoms with van der Waals surface area (Å²) in [6.45, 7) is 0.269. The van der Waals surface area contributed by atoms with E-state index in [4.69, 9.17) is 4.74 Å². The highest BCUT2D eigenvalue weighted by molar-refractivity contribution is 6.02. The predicted octanol–water partition coefficient (Wildman–Crippen LogP) is 1.62. The molecule has 0 spiro atoms. The second-order valence-corrected chi connectivity index (χ2v) is 6.63. The third-order valence-electron chi connectivity index (χ3n) is 4.57. The zero-order chi connectivity index (χ0) is 20.4. The fourth-order valence-electron chi connectivity index (χ4n) is 3.09. The van der Waals surface area contributed by atoms with Gasteiger partial charge in [0.25, 0.3) is 11.8 Å². The molecule has 0 saturated heterocycles. The lowest BCUT2D eigenvalue weighted by atomic mass is 10.2. The minimum absolute atomic E-state index is 0.00333. The van der Waals surface area contributed by atoms with Crippen molar-refractivity contribution >= 4 is 17.5 Å². The summed E-state index contributed by atoms with van der Waals surface area (Å²) in [7, 11) is 1.63. The monoisotopic (exact) mass is 395 g/mol. The molecule has 4 rings (SSSR count). The smallest absolute Gasteiger partial charge is 0.274 e. The molecule has 1 N–H and O–H groups in total. The van der Waals surface area contributed by atoms with Crippen LogP contribution in [0.1, 0.15) is 16.1 Å². The first-order chi connectivity index (χ1) is 14.0. The number of amides is 2. The van der Waals surface area contributed by atoms with Crippen molar-refractivity contribution < 1.29 is 18.7 Å². The van der Waals surface area contributed by atoms with E-state index < -0.39 is 11.9 Å². The number of fused-ring (bicyclic) bond motifs is 1. The Labute approximate surface area is 165 Å². The highest BCUT2D eigenvalue weighted by atomic mass is 19.1. The molecule has 0 radical (unpaired) electrons. The normalized spacial score (nSPS) is 16.0. The molecule has 148 valence electrons. The zero-order valence-corrected chi connectivity index (χ0v) is 15.6. The summed E-state index contributed by atoms with van der Waals surface area (Å²) in [4.78, 5) is 26.7. The first-order valence-electron chi connectivity index (χ1n) is 8.96. The molecule has 0 fully saturated rings. The predicted molar refractivity (Wildman–Crippen MR) is 102 cm³/mol. The maximum atomic E-state index is 13.3. The fraction of sp³-hybridized carbons (Fsp3) is 0.200. The molecular weight excluding hydrogens is 377 g/mol. The molecule has 8 nitrogen and oxygen atoms in total. The van der Waals surface area contributed by atoms with Gasteiger partial charge in [0.1, 0.15) is 24.2 Å². The summed E-state index contributed by atoms with van der Waals surface area (Å²) in [6, 6.07) is 12.4. The number of carbonyl (C=O) groups excluding carboxylic acids is 2. The molecule has 1 unspecified atom stereocenters. The maximum Gasteiger partial charge on any atom is 0.274 e. The Morgan fingerprint density at radius 3 is 2.93 bits per heavy atom. The molecule has 0 bridgehead atoms. The number of ether oxygens (including phenoxy) is 1. The van der Waals surface area contributed by atoms with E-state index in [0.29, 0.717) is 17.0 Å². The van der Waals surface area contributed by atoms with Crippen LogP contribution in [0.5, 0.6) is 5.75 Å². The van der Waals surface area contributed by atoms with Gasteiger partial charge in [-0.2, -0.15) is 0 Å². The number of anilines is 1. The van der Waals surface area contributed by atoms with E-state index >= 15 is 0 Å². The number of benzene rings is 2. The topological polar surface area (TPSA) is 89.4 Å². The number of aromatic nitrogens is 3. The largest absolute Gasteiger partial charge is 0.489 e. The summed E-state index contributed by atoms with van der Waals surface area (Å²) in [6.07, 6.45) is 1.45. The van der Waals surface area contributed by atoms with Gasteiger partial charge in [-0.05, 0) is 29.8 Å². The molecule has 0 aliphatic carbocycles.